The number of halogens is 3. The Bertz CT molecular complexity index is 595. The van der Waals surface area contributed by atoms with Gasteiger partial charge in [-0.2, -0.15) is 18.4 Å². The maximum atomic E-state index is 12.4. The Labute approximate surface area is 116 Å². The average molecular weight is 300 g/mol. The molecule has 0 aliphatic heterocycles. The lowest BCUT2D eigenvalue weighted by Gasteiger charge is -2.12. The number of alkyl halides is 3. The van der Waals surface area contributed by atoms with Crippen LogP contribution in [-0.2, 0) is 6.18 Å². The Morgan fingerprint density at radius 1 is 1.29 bits per heavy atom. The number of aromatic nitrogens is 4. The van der Waals surface area contributed by atoms with Gasteiger partial charge in [0.25, 0.3) is 0 Å². The molecular weight excluding hydrogens is 289 g/mol. The van der Waals surface area contributed by atoms with E-state index in [0.29, 0.717) is 0 Å². The molecule has 0 fully saturated rings. The van der Waals surface area contributed by atoms with E-state index in [-0.39, 0.29) is 11.5 Å². The molecule has 1 heterocycles. The standard InChI is InChI=1S/C11H11F3N6O/c1-6(9-17-19-20-18-9)15-10(21)16-8-4-2-7(3-5-8)11(12,13)14/h2-6H,1H3,(H2,15,16,21)(H,17,18,19,20). The number of benzene rings is 1. The van der Waals surface area contributed by atoms with E-state index in [1.165, 1.54) is 12.1 Å². The van der Waals surface area contributed by atoms with Crippen molar-refractivity contribution in [2.24, 2.45) is 0 Å². The number of anilines is 1. The third-order valence-corrected chi connectivity index (χ3v) is 2.57. The molecule has 1 aromatic carbocycles. The topological polar surface area (TPSA) is 95.6 Å². The van der Waals surface area contributed by atoms with E-state index in [4.69, 9.17) is 0 Å². The summed E-state index contributed by atoms with van der Waals surface area (Å²) in [5.41, 5.74) is -0.547. The lowest BCUT2D eigenvalue weighted by atomic mass is 10.2. The predicted octanol–water partition coefficient (Wildman–Crippen LogP) is 2.10. The van der Waals surface area contributed by atoms with Crippen LogP contribution in [0.1, 0.15) is 24.4 Å². The van der Waals surface area contributed by atoms with Crippen molar-refractivity contribution in [3.8, 4) is 0 Å². The molecular formula is C11H11F3N6O. The SMILES string of the molecule is CC(NC(=O)Nc1ccc(C(F)(F)F)cc1)c1nn[nH]n1. The molecule has 0 saturated carbocycles. The third-order valence-electron chi connectivity index (χ3n) is 2.57. The zero-order valence-electron chi connectivity index (χ0n) is 10.8. The Kier molecular flexibility index (Phi) is 4.05. The predicted molar refractivity (Wildman–Crippen MR) is 66.2 cm³/mol. The van der Waals surface area contributed by atoms with E-state index in [1.54, 1.807) is 6.92 Å². The van der Waals surface area contributed by atoms with Crippen molar-refractivity contribution in [1.29, 1.82) is 0 Å². The highest BCUT2D eigenvalue weighted by molar-refractivity contribution is 5.89. The molecule has 1 atom stereocenters. The number of urea groups is 1. The van der Waals surface area contributed by atoms with Gasteiger partial charge in [-0.05, 0) is 31.2 Å². The molecule has 2 amide bonds. The molecule has 1 unspecified atom stereocenters. The Hall–Kier alpha value is -2.65. The van der Waals surface area contributed by atoms with Crippen molar-refractivity contribution in [1.82, 2.24) is 25.9 Å². The van der Waals surface area contributed by atoms with Crippen LogP contribution in [0, 0.1) is 0 Å². The monoisotopic (exact) mass is 300 g/mol. The summed E-state index contributed by atoms with van der Waals surface area (Å²) in [6, 6.07) is 3.02. The number of H-pyrrole nitrogens is 1. The highest BCUT2D eigenvalue weighted by atomic mass is 19.4. The summed E-state index contributed by atoms with van der Waals surface area (Å²) in [4.78, 5) is 11.7. The highest BCUT2D eigenvalue weighted by Gasteiger charge is 2.30. The van der Waals surface area contributed by atoms with Crippen molar-refractivity contribution in [2.45, 2.75) is 19.1 Å². The van der Waals surface area contributed by atoms with Gasteiger partial charge in [0.05, 0.1) is 11.6 Å². The van der Waals surface area contributed by atoms with Crippen LogP contribution in [0.5, 0.6) is 0 Å². The molecule has 0 bridgehead atoms. The lowest BCUT2D eigenvalue weighted by molar-refractivity contribution is -0.137. The second kappa shape index (κ2) is 5.77. The number of carbonyl (C=O) groups excluding carboxylic acids is 1. The number of carbonyl (C=O) groups is 1. The summed E-state index contributed by atoms with van der Waals surface area (Å²) in [6.45, 7) is 1.64. The van der Waals surface area contributed by atoms with E-state index >= 15 is 0 Å². The molecule has 7 nitrogen and oxygen atoms in total. The molecule has 1 aromatic heterocycles. The number of nitrogens with zero attached hydrogens (tertiary/aromatic N) is 3. The van der Waals surface area contributed by atoms with Gasteiger partial charge in [0.2, 0.25) is 0 Å². The summed E-state index contributed by atoms with van der Waals surface area (Å²) >= 11 is 0. The first kappa shape index (κ1) is 14.8. The van der Waals surface area contributed by atoms with Gasteiger partial charge in [0.15, 0.2) is 5.82 Å². The highest BCUT2D eigenvalue weighted by Crippen LogP contribution is 2.29. The summed E-state index contributed by atoms with van der Waals surface area (Å²) in [7, 11) is 0. The smallest absolute Gasteiger partial charge is 0.328 e. The van der Waals surface area contributed by atoms with Crippen LogP contribution in [0.4, 0.5) is 23.7 Å². The molecule has 10 heteroatoms. The van der Waals surface area contributed by atoms with Gasteiger partial charge in [-0.3, -0.25) is 0 Å². The number of hydrogen-bond acceptors (Lipinski definition) is 4. The van der Waals surface area contributed by atoms with Crippen molar-refractivity contribution < 1.29 is 18.0 Å². The van der Waals surface area contributed by atoms with Gasteiger partial charge >= 0.3 is 12.2 Å². The third kappa shape index (κ3) is 3.91. The van der Waals surface area contributed by atoms with Gasteiger partial charge in [-0.15, -0.1) is 10.2 Å². The van der Waals surface area contributed by atoms with Crippen LogP contribution >= 0.6 is 0 Å². The first-order valence-electron chi connectivity index (χ1n) is 5.84. The first-order valence-corrected chi connectivity index (χ1v) is 5.84. The Morgan fingerprint density at radius 3 is 2.48 bits per heavy atom. The van der Waals surface area contributed by atoms with E-state index in [0.717, 1.165) is 12.1 Å². The second-order valence-corrected chi connectivity index (χ2v) is 4.17. The fourth-order valence-electron chi connectivity index (χ4n) is 1.52. The fraction of sp³-hybridized carbons (Fsp3) is 0.273. The van der Waals surface area contributed by atoms with Crippen LogP contribution in [0.3, 0.4) is 0 Å². The number of tetrazole rings is 1. The zero-order chi connectivity index (χ0) is 15.5. The molecule has 2 aromatic rings. The molecule has 112 valence electrons. The van der Waals surface area contributed by atoms with E-state index < -0.39 is 23.8 Å². The largest absolute Gasteiger partial charge is 0.416 e. The molecule has 0 aliphatic rings. The Balaban J connectivity index is 1.94. The normalized spacial score (nSPS) is 12.8. The molecule has 21 heavy (non-hydrogen) atoms. The summed E-state index contributed by atoms with van der Waals surface area (Å²) in [6.07, 6.45) is -4.41. The van der Waals surface area contributed by atoms with Crippen LogP contribution in [0.15, 0.2) is 24.3 Å². The van der Waals surface area contributed by atoms with Crippen LogP contribution < -0.4 is 10.6 Å². The van der Waals surface area contributed by atoms with Gasteiger partial charge in [-0.1, -0.05) is 5.21 Å². The summed E-state index contributed by atoms with van der Waals surface area (Å²) < 4.78 is 37.2. The number of amides is 2. The van der Waals surface area contributed by atoms with E-state index in [1.807, 2.05) is 0 Å². The summed E-state index contributed by atoms with van der Waals surface area (Å²) in [5, 5.41) is 17.9. The number of aromatic amines is 1. The number of hydrogen-bond donors (Lipinski definition) is 3. The van der Waals surface area contributed by atoms with Crippen molar-refractivity contribution in [3.63, 3.8) is 0 Å². The molecule has 0 aliphatic carbocycles. The first-order chi connectivity index (χ1) is 9.86. The van der Waals surface area contributed by atoms with E-state index in [2.05, 4.69) is 31.3 Å². The minimum Gasteiger partial charge on any atom is -0.328 e. The Morgan fingerprint density at radius 2 is 1.95 bits per heavy atom. The van der Waals surface area contributed by atoms with Crippen molar-refractivity contribution in [2.75, 3.05) is 5.32 Å². The minimum absolute atomic E-state index is 0.237. The lowest BCUT2D eigenvalue weighted by Crippen LogP contribution is -2.31. The minimum atomic E-state index is -4.41. The van der Waals surface area contributed by atoms with Gasteiger partial charge in [0.1, 0.15) is 0 Å². The van der Waals surface area contributed by atoms with E-state index in [9.17, 15) is 18.0 Å². The number of rotatable bonds is 3. The van der Waals surface area contributed by atoms with Crippen LogP contribution in [0.25, 0.3) is 0 Å². The van der Waals surface area contributed by atoms with Gasteiger partial charge in [0, 0.05) is 5.69 Å². The second-order valence-electron chi connectivity index (χ2n) is 4.17. The maximum Gasteiger partial charge on any atom is 0.416 e. The molecule has 2 rings (SSSR count). The zero-order valence-corrected chi connectivity index (χ0v) is 10.8. The molecule has 0 spiro atoms. The van der Waals surface area contributed by atoms with Crippen molar-refractivity contribution >= 4 is 11.7 Å². The molecule has 3 N–H and O–H groups in total. The molecule has 0 radical (unpaired) electrons. The van der Waals surface area contributed by atoms with Crippen molar-refractivity contribution in [3.05, 3.63) is 35.7 Å². The molecule has 0 saturated heterocycles. The van der Waals surface area contributed by atoms with Gasteiger partial charge in [-0.25, -0.2) is 4.79 Å². The van der Waals surface area contributed by atoms with Crippen LogP contribution in [0.2, 0.25) is 0 Å². The summed E-state index contributed by atoms with van der Waals surface area (Å²) in [5.74, 6) is 0.289. The maximum absolute atomic E-state index is 12.4. The van der Waals surface area contributed by atoms with Gasteiger partial charge < -0.3 is 10.6 Å². The quantitative estimate of drug-likeness (QED) is 0.809. The average Bonchev–Trinajstić information content (AvgIpc) is 2.92. The fourth-order valence-corrected chi connectivity index (χ4v) is 1.52. The number of nitrogens with one attached hydrogen (secondary N) is 3. The van der Waals surface area contributed by atoms with Crippen LogP contribution in [-0.4, -0.2) is 26.7 Å².